The summed E-state index contributed by atoms with van der Waals surface area (Å²) < 4.78 is 0. The standard InChI is InChI=1S/C10H14ClNO/c1-12(2)7-10(13)8-5-3-4-6-9(8)11/h3-6,10,13H,7H2,1-2H3/t10-/m0/s1. The highest BCUT2D eigenvalue weighted by molar-refractivity contribution is 6.31. The van der Waals surface area contributed by atoms with Gasteiger partial charge in [0.05, 0.1) is 6.10 Å². The quantitative estimate of drug-likeness (QED) is 0.805. The smallest absolute Gasteiger partial charge is 0.0931 e. The molecular weight excluding hydrogens is 186 g/mol. The van der Waals surface area contributed by atoms with Gasteiger partial charge in [-0.2, -0.15) is 0 Å². The van der Waals surface area contributed by atoms with Gasteiger partial charge in [0.15, 0.2) is 0 Å². The van der Waals surface area contributed by atoms with Gasteiger partial charge in [-0.1, -0.05) is 29.8 Å². The molecule has 1 aromatic rings. The predicted molar refractivity (Wildman–Crippen MR) is 55.0 cm³/mol. The van der Waals surface area contributed by atoms with Crippen LogP contribution in [0.25, 0.3) is 0 Å². The van der Waals surface area contributed by atoms with Crippen molar-refractivity contribution in [2.75, 3.05) is 20.6 Å². The summed E-state index contributed by atoms with van der Waals surface area (Å²) in [5.41, 5.74) is 0.790. The van der Waals surface area contributed by atoms with Crippen LogP contribution < -0.4 is 0 Å². The van der Waals surface area contributed by atoms with Crippen LogP contribution in [-0.2, 0) is 0 Å². The lowest BCUT2D eigenvalue weighted by Crippen LogP contribution is -2.20. The largest absolute Gasteiger partial charge is 0.387 e. The summed E-state index contributed by atoms with van der Waals surface area (Å²) in [4.78, 5) is 1.92. The highest BCUT2D eigenvalue weighted by Gasteiger charge is 2.10. The van der Waals surface area contributed by atoms with Crippen molar-refractivity contribution in [2.24, 2.45) is 0 Å². The lowest BCUT2D eigenvalue weighted by atomic mass is 10.1. The molecule has 1 rings (SSSR count). The molecule has 0 aromatic heterocycles. The SMILES string of the molecule is CN(C)C[C@H](O)c1ccccc1Cl. The zero-order valence-corrected chi connectivity index (χ0v) is 8.62. The van der Waals surface area contributed by atoms with Crippen LogP contribution in [0.2, 0.25) is 5.02 Å². The van der Waals surface area contributed by atoms with Gasteiger partial charge in [-0.05, 0) is 20.2 Å². The van der Waals surface area contributed by atoms with Crippen LogP contribution in [0.1, 0.15) is 11.7 Å². The number of aliphatic hydroxyl groups is 1. The summed E-state index contributed by atoms with van der Waals surface area (Å²) in [6.45, 7) is 0.587. The second kappa shape index (κ2) is 4.61. The summed E-state index contributed by atoms with van der Waals surface area (Å²) in [6, 6.07) is 7.36. The Morgan fingerprint density at radius 1 is 1.38 bits per heavy atom. The monoisotopic (exact) mass is 199 g/mol. The minimum absolute atomic E-state index is 0.510. The van der Waals surface area contributed by atoms with E-state index in [0.29, 0.717) is 11.6 Å². The van der Waals surface area contributed by atoms with Crippen molar-refractivity contribution in [3.63, 3.8) is 0 Å². The van der Waals surface area contributed by atoms with Crippen LogP contribution in [0.3, 0.4) is 0 Å². The maximum absolute atomic E-state index is 9.75. The van der Waals surface area contributed by atoms with E-state index >= 15 is 0 Å². The molecule has 0 radical (unpaired) electrons. The zero-order valence-electron chi connectivity index (χ0n) is 7.87. The summed E-state index contributed by atoms with van der Waals surface area (Å²) in [5.74, 6) is 0. The molecule has 13 heavy (non-hydrogen) atoms. The van der Waals surface area contributed by atoms with Crippen molar-refractivity contribution in [2.45, 2.75) is 6.10 Å². The van der Waals surface area contributed by atoms with Gasteiger partial charge < -0.3 is 10.0 Å². The molecule has 0 fully saturated rings. The molecule has 2 nitrogen and oxygen atoms in total. The fourth-order valence-electron chi connectivity index (χ4n) is 1.19. The minimum Gasteiger partial charge on any atom is -0.387 e. The molecule has 72 valence electrons. The number of hydrogen-bond donors (Lipinski definition) is 1. The molecule has 0 bridgehead atoms. The van der Waals surface area contributed by atoms with Gasteiger partial charge in [0.1, 0.15) is 0 Å². The van der Waals surface area contributed by atoms with E-state index in [-0.39, 0.29) is 0 Å². The fraction of sp³-hybridized carbons (Fsp3) is 0.400. The van der Waals surface area contributed by atoms with E-state index in [4.69, 9.17) is 11.6 Å². The van der Waals surface area contributed by atoms with Crippen LogP contribution in [0.15, 0.2) is 24.3 Å². The van der Waals surface area contributed by atoms with E-state index in [1.165, 1.54) is 0 Å². The van der Waals surface area contributed by atoms with Gasteiger partial charge >= 0.3 is 0 Å². The Kier molecular flexibility index (Phi) is 3.72. The first-order valence-corrected chi connectivity index (χ1v) is 4.56. The molecule has 0 aliphatic rings. The van der Waals surface area contributed by atoms with Crippen molar-refractivity contribution in [3.05, 3.63) is 34.9 Å². The normalized spacial score (nSPS) is 13.3. The Labute approximate surface area is 83.7 Å². The van der Waals surface area contributed by atoms with Gasteiger partial charge in [-0.3, -0.25) is 0 Å². The van der Waals surface area contributed by atoms with E-state index in [0.717, 1.165) is 5.56 Å². The van der Waals surface area contributed by atoms with E-state index in [1.807, 2.05) is 37.2 Å². The number of hydrogen-bond acceptors (Lipinski definition) is 2. The lowest BCUT2D eigenvalue weighted by molar-refractivity contribution is 0.138. The van der Waals surface area contributed by atoms with Crippen LogP contribution in [0.4, 0.5) is 0 Å². The average Bonchev–Trinajstić information content (AvgIpc) is 2.03. The van der Waals surface area contributed by atoms with Crippen molar-refractivity contribution in [1.29, 1.82) is 0 Å². The van der Waals surface area contributed by atoms with E-state index in [9.17, 15) is 5.11 Å². The molecule has 3 heteroatoms. The van der Waals surface area contributed by atoms with E-state index < -0.39 is 6.10 Å². The van der Waals surface area contributed by atoms with Crippen LogP contribution in [0.5, 0.6) is 0 Å². The Hall–Kier alpha value is -0.570. The Balaban J connectivity index is 2.76. The Morgan fingerprint density at radius 3 is 2.54 bits per heavy atom. The molecule has 1 aromatic carbocycles. The Bertz CT molecular complexity index is 275. The van der Waals surface area contributed by atoms with Crippen molar-refractivity contribution in [3.8, 4) is 0 Å². The molecule has 0 spiro atoms. The van der Waals surface area contributed by atoms with Crippen LogP contribution >= 0.6 is 11.6 Å². The molecule has 0 saturated heterocycles. The van der Waals surface area contributed by atoms with Crippen LogP contribution in [-0.4, -0.2) is 30.6 Å². The third kappa shape index (κ3) is 2.99. The van der Waals surface area contributed by atoms with Crippen molar-refractivity contribution >= 4 is 11.6 Å². The van der Waals surface area contributed by atoms with E-state index in [1.54, 1.807) is 6.07 Å². The lowest BCUT2D eigenvalue weighted by Gasteiger charge is -2.16. The summed E-state index contributed by atoms with van der Waals surface area (Å²) >= 11 is 5.92. The molecule has 1 atom stereocenters. The maximum atomic E-state index is 9.75. The summed E-state index contributed by atoms with van der Waals surface area (Å²) in [6.07, 6.45) is -0.510. The second-order valence-electron chi connectivity index (χ2n) is 3.30. The summed E-state index contributed by atoms with van der Waals surface area (Å²) in [7, 11) is 3.83. The minimum atomic E-state index is -0.510. The van der Waals surface area contributed by atoms with Gasteiger partial charge in [-0.15, -0.1) is 0 Å². The summed E-state index contributed by atoms with van der Waals surface area (Å²) in [5, 5.41) is 10.4. The first kappa shape index (κ1) is 10.5. The number of benzene rings is 1. The molecule has 0 heterocycles. The predicted octanol–water partition coefficient (Wildman–Crippen LogP) is 1.93. The number of rotatable bonds is 3. The number of likely N-dealkylation sites (N-methyl/N-ethyl adjacent to an activating group) is 1. The fourth-order valence-corrected chi connectivity index (χ4v) is 1.45. The second-order valence-corrected chi connectivity index (χ2v) is 3.71. The van der Waals surface area contributed by atoms with Crippen molar-refractivity contribution in [1.82, 2.24) is 4.90 Å². The van der Waals surface area contributed by atoms with Gasteiger partial charge in [0, 0.05) is 17.1 Å². The molecule has 1 N–H and O–H groups in total. The zero-order chi connectivity index (χ0) is 9.84. The first-order valence-electron chi connectivity index (χ1n) is 4.18. The number of halogens is 1. The van der Waals surface area contributed by atoms with E-state index in [2.05, 4.69) is 0 Å². The van der Waals surface area contributed by atoms with Gasteiger partial charge in [0.2, 0.25) is 0 Å². The molecule has 0 aliphatic carbocycles. The third-order valence-corrected chi connectivity index (χ3v) is 2.15. The highest BCUT2D eigenvalue weighted by Crippen LogP contribution is 2.22. The molecule has 0 saturated carbocycles. The van der Waals surface area contributed by atoms with Crippen molar-refractivity contribution < 1.29 is 5.11 Å². The molecule has 0 aliphatic heterocycles. The molecule has 0 amide bonds. The first-order chi connectivity index (χ1) is 6.11. The maximum Gasteiger partial charge on any atom is 0.0931 e. The number of aliphatic hydroxyl groups excluding tert-OH is 1. The molecule has 0 unspecified atom stereocenters. The Morgan fingerprint density at radius 2 is 2.00 bits per heavy atom. The van der Waals surface area contributed by atoms with Gasteiger partial charge in [0.25, 0.3) is 0 Å². The van der Waals surface area contributed by atoms with Gasteiger partial charge in [-0.25, -0.2) is 0 Å². The average molecular weight is 200 g/mol. The molecular formula is C10H14ClNO. The number of nitrogens with zero attached hydrogens (tertiary/aromatic N) is 1. The topological polar surface area (TPSA) is 23.5 Å². The third-order valence-electron chi connectivity index (χ3n) is 1.80. The highest BCUT2D eigenvalue weighted by atomic mass is 35.5. The van der Waals surface area contributed by atoms with Crippen LogP contribution in [0, 0.1) is 0 Å².